The van der Waals surface area contributed by atoms with Crippen LogP contribution in [0.25, 0.3) is 0 Å². The van der Waals surface area contributed by atoms with Crippen molar-refractivity contribution in [1.82, 2.24) is 0 Å². The van der Waals surface area contributed by atoms with Crippen molar-refractivity contribution in [2.45, 2.75) is 22.5 Å². The van der Waals surface area contributed by atoms with Gasteiger partial charge in [0.1, 0.15) is 0 Å². The minimum Gasteiger partial charge on any atom is -0.293 e. The van der Waals surface area contributed by atoms with Gasteiger partial charge in [-0.2, -0.15) is 0 Å². The Balaban J connectivity index is 3.03. The summed E-state index contributed by atoms with van der Waals surface area (Å²) in [4.78, 5) is 12.2. The van der Waals surface area contributed by atoms with E-state index in [1.807, 2.05) is 6.07 Å². The fraction of sp³-hybridized carbons (Fsp3) is 0.300. The summed E-state index contributed by atoms with van der Waals surface area (Å²) >= 11 is 13.2. The summed E-state index contributed by atoms with van der Waals surface area (Å²) in [5.74, 6) is 0.471. The van der Waals surface area contributed by atoms with Crippen molar-refractivity contribution >= 4 is 45.9 Å². The lowest BCUT2D eigenvalue weighted by atomic mass is 10.1. The lowest BCUT2D eigenvalue weighted by Crippen LogP contribution is -2.09. The van der Waals surface area contributed by atoms with Crippen molar-refractivity contribution in [3.05, 3.63) is 29.3 Å². The molecule has 4 heteroatoms. The van der Waals surface area contributed by atoms with E-state index >= 15 is 0 Å². The van der Waals surface area contributed by atoms with E-state index in [0.717, 1.165) is 10.5 Å². The monoisotopic (exact) mass is 292 g/mol. The Morgan fingerprint density at radius 3 is 2.71 bits per heavy atom. The van der Waals surface area contributed by atoms with Crippen LogP contribution in [-0.2, 0) is 5.88 Å². The molecule has 0 aliphatic carbocycles. The minimum absolute atomic E-state index is 0.0569. The Hall–Kier alpha value is 0.01000. The number of hydrogen-bond donors (Lipinski definition) is 1. The molecule has 14 heavy (non-hydrogen) atoms. The SMILES string of the molecule is CC(Br)C(=O)c1ccc(CCl)c(S)c1. The van der Waals surface area contributed by atoms with Crippen LogP contribution < -0.4 is 0 Å². The summed E-state index contributed by atoms with van der Waals surface area (Å²) in [6.07, 6.45) is 0. The van der Waals surface area contributed by atoms with Crippen LogP contribution in [-0.4, -0.2) is 10.6 Å². The zero-order valence-corrected chi connectivity index (χ0v) is 10.9. The minimum atomic E-state index is -0.169. The lowest BCUT2D eigenvalue weighted by molar-refractivity contribution is 0.0995. The Morgan fingerprint density at radius 1 is 1.64 bits per heavy atom. The molecule has 1 aromatic carbocycles. The number of carbonyl (C=O) groups is 1. The predicted octanol–water partition coefficient (Wildman–Crippen LogP) is 3.68. The summed E-state index contributed by atoms with van der Waals surface area (Å²) in [5, 5.41) is 0. The van der Waals surface area contributed by atoms with E-state index in [1.54, 1.807) is 19.1 Å². The molecule has 0 amide bonds. The summed E-state index contributed by atoms with van der Waals surface area (Å²) in [6, 6.07) is 5.36. The first-order valence-corrected chi connectivity index (χ1v) is 6.02. The van der Waals surface area contributed by atoms with Crippen molar-refractivity contribution in [3.63, 3.8) is 0 Å². The number of benzene rings is 1. The third-order valence-electron chi connectivity index (χ3n) is 1.88. The lowest BCUT2D eigenvalue weighted by Gasteiger charge is -2.06. The normalized spacial score (nSPS) is 12.6. The average Bonchev–Trinajstić information content (AvgIpc) is 2.16. The van der Waals surface area contributed by atoms with Crippen molar-refractivity contribution in [2.75, 3.05) is 0 Å². The van der Waals surface area contributed by atoms with Crippen LogP contribution in [0.15, 0.2) is 23.1 Å². The summed E-state index contributed by atoms with van der Waals surface area (Å²) in [6.45, 7) is 1.80. The van der Waals surface area contributed by atoms with Crippen LogP contribution in [0, 0.1) is 0 Å². The second kappa shape index (κ2) is 5.19. The fourth-order valence-electron chi connectivity index (χ4n) is 1.06. The van der Waals surface area contributed by atoms with E-state index in [0.29, 0.717) is 11.4 Å². The van der Waals surface area contributed by atoms with Gasteiger partial charge in [-0.3, -0.25) is 4.79 Å². The smallest absolute Gasteiger partial charge is 0.176 e. The molecule has 0 radical (unpaired) electrons. The molecule has 1 unspecified atom stereocenters. The highest BCUT2D eigenvalue weighted by atomic mass is 79.9. The number of hydrogen-bond acceptors (Lipinski definition) is 2. The van der Waals surface area contributed by atoms with Crippen LogP contribution in [0.3, 0.4) is 0 Å². The fourth-order valence-corrected chi connectivity index (χ4v) is 1.94. The molecule has 0 aliphatic heterocycles. The first-order valence-electron chi connectivity index (χ1n) is 4.12. The molecule has 0 fully saturated rings. The van der Waals surface area contributed by atoms with Gasteiger partial charge in [-0.25, -0.2) is 0 Å². The molecule has 0 bridgehead atoms. The third kappa shape index (κ3) is 2.75. The zero-order valence-electron chi connectivity index (χ0n) is 7.63. The Morgan fingerprint density at radius 2 is 2.29 bits per heavy atom. The second-order valence-corrected chi connectivity index (χ2v) is 5.08. The molecule has 0 aromatic heterocycles. The van der Waals surface area contributed by atoms with Crippen LogP contribution >= 0.6 is 40.2 Å². The van der Waals surface area contributed by atoms with Crippen molar-refractivity contribution in [2.24, 2.45) is 0 Å². The number of alkyl halides is 2. The van der Waals surface area contributed by atoms with E-state index in [9.17, 15) is 4.79 Å². The van der Waals surface area contributed by atoms with Crippen molar-refractivity contribution in [3.8, 4) is 0 Å². The number of halogens is 2. The topological polar surface area (TPSA) is 17.1 Å². The largest absolute Gasteiger partial charge is 0.293 e. The zero-order chi connectivity index (χ0) is 10.7. The maximum Gasteiger partial charge on any atom is 0.176 e. The van der Waals surface area contributed by atoms with Crippen molar-refractivity contribution < 1.29 is 4.79 Å². The Labute approximate surface area is 102 Å². The highest BCUT2D eigenvalue weighted by molar-refractivity contribution is 9.10. The van der Waals surface area contributed by atoms with Gasteiger partial charge in [-0.1, -0.05) is 28.1 Å². The molecule has 1 atom stereocenters. The van der Waals surface area contributed by atoms with Crippen LogP contribution in [0.1, 0.15) is 22.8 Å². The van der Waals surface area contributed by atoms with Gasteiger partial charge in [0.05, 0.1) is 4.83 Å². The summed E-state index contributed by atoms with van der Waals surface area (Å²) in [5.41, 5.74) is 1.60. The molecule has 1 nitrogen and oxygen atoms in total. The molecular weight excluding hydrogens is 284 g/mol. The molecule has 0 saturated heterocycles. The number of rotatable bonds is 3. The standard InChI is InChI=1S/C10H10BrClOS/c1-6(11)10(13)7-2-3-8(5-12)9(14)4-7/h2-4,6,14H,5H2,1H3. The average molecular weight is 294 g/mol. The highest BCUT2D eigenvalue weighted by Gasteiger charge is 2.12. The molecular formula is C10H10BrClOS. The van der Waals surface area contributed by atoms with E-state index in [2.05, 4.69) is 28.6 Å². The molecule has 1 rings (SSSR count). The van der Waals surface area contributed by atoms with Crippen LogP contribution in [0.2, 0.25) is 0 Å². The first kappa shape index (κ1) is 12.1. The van der Waals surface area contributed by atoms with E-state index in [4.69, 9.17) is 11.6 Å². The number of carbonyl (C=O) groups excluding carboxylic acids is 1. The second-order valence-electron chi connectivity index (χ2n) is 2.96. The van der Waals surface area contributed by atoms with E-state index in [1.165, 1.54) is 0 Å². The molecule has 0 saturated carbocycles. The maximum atomic E-state index is 11.6. The number of thiol groups is 1. The van der Waals surface area contributed by atoms with Gasteiger partial charge in [0.2, 0.25) is 0 Å². The molecule has 0 spiro atoms. The number of Topliss-reactive ketones (excluding diaryl/α,β-unsaturated/α-hetero) is 1. The van der Waals surface area contributed by atoms with Crippen molar-refractivity contribution in [1.29, 1.82) is 0 Å². The van der Waals surface area contributed by atoms with E-state index < -0.39 is 0 Å². The highest BCUT2D eigenvalue weighted by Crippen LogP contribution is 2.20. The Kier molecular flexibility index (Phi) is 4.48. The molecule has 0 heterocycles. The maximum absolute atomic E-state index is 11.6. The van der Waals surface area contributed by atoms with Gasteiger partial charge >= 0.3 is 0 Å². The summed E-state index contributed by atoms with van der Waals surface area (Å²) in [7, 11) is 0. The van der Waals surface area contributed by atoms with Crippen LogP contribution in [0.5, 0.6) is 0 Å². The first-order chi connectivity index (χ1) is 6.56. The molecule has 76 valence electrons. The molecule has 0 aliphatic rings. The van der Waals surface area contributed by atoms with Gasteiger partial charge in [-0.15, -0.1) is 24.2 Å². The van der Waals surface area contributed by atoms with Gasteiger partial charge in [0.15, 0.2) is 5.78 Å². The predicted molar refractivity (Wildman–Crippen MR) is 66.0 cm³/mol. The van der Waals surface area contributed by atoms with Crippen LogP contribution in [0.4, 0.5) is 0 Å². The Bertz CT molecular complexity index is 352. The van der Waals surface area contributed by atoms with Gasteiger partial charge in [0.25, 0.3) is 0 Å². The van der Waals surface area contributed by atoms with Gasteiger partial charge < -0.3 is 0 Å². The van der Waals surface area contributed by atoms with Gasteiger partial charge in [-0.05, 0) is 18.6 Å². The quantitative estimate of drug-likeness (QED) is 0.511. The van der Waals surface area contributed by atoms with E-state index in [-0.39, 0.29) is 10.6 Å². The van der Waals surface area contributed by atoms with Gasteiger partial charge in [0, 0.05) is 16.3 Å². The number of ketones is 1. The molecule has 0 N–H and O–H groups in total. The summed E-state index contributed by atoms with van der Waals surface area (Å²) < 4.78 is 0. The third-order valence-corrected chi connectivity index (χ3v) is 3.00. The molecule has 1 aromatic rings.